The highest BCUT2D eigenvalue weighted by molar-refractivity contribution is 5.97. The van der Waals surface area contributed by atoms with Crippen LogP contribution in [0.4, 0.5) is 18.0 Å². The summed E-state index contributed by atoms with van der Waals surface area (Å²) in [4.78, 5) is 43.0. The molecule has 0 aliphatic carbocycles. The Bertz CT molecular complexity index is 1000. The summed E-state index contributed by atoms with van der Waals surface area (Å²) in [5, 5.41) is 7.96. The van der Waals surface area contributed by atoms with Gasteiger partial charge in [0.2, 0.25) is 0 Å². The number of nitrogens with zero attached hydrogens (tertiary/aromatic N) is 4. The first kappa shape index (κ1) is 24.0. The highest BCUT2D eigenvalue weighted by Crippen LogP contribution is 2.27. The Morgan fingerprint density at radius 3 is 2.35 bits per heavy atom. The lowest BCUT2D eigenvalue weighted by Gasteiger charge is -2.15. The maximum absolute atomic E-state index is 12.9. The normalized spacial score (nSPS) is 12.7. The molecule has 0 aliphatic rings. The summed E-state index contributed by atoms with van der Waals surface area (Å²) in [5.41, 5.74) is 1.26. The molecular weight excluding hydrogens is 421 g/mol. The van der Waals surface area contributed by atoms with Gasteiger partial charge in [-0.15, -0.1) is 5.10 Å². The Kier molecular flexibility index (Phi) is 7.18. The first-order chi connectivity index (χ1) is 14.3. The van der Waals surface area contributed by atoms with E-state index < -0.39 is 36.0 Å². The molecule has 0 fully saturated rings. The summed E-state index contributed by atoms with van der Waals surface area (Å²) >= 11 is 0. The first-order valence-corrected chi connectivity index (χ1v) is 9.40. The smallest absolute Gasteiger partial charge is 0.453 e. The van der Waals surface area contributed by atoms with E-state index in [9.17, 15) is 27.6 Å². The largest absolute Gasteiger partial charge is 0.453 e. The lowest BCUT2D eigenvalue weighted by atomic mass is 10.1. The minimum absolute atomic E-state index is 0.100. The van der Waals surface area contributed by atoms with Crippen molar-refractivity contribution in [2.75, 3.05) is 0 Å². The molecule has 0 aromatic carbocycles. The van der Waals surface area contributed by atoms with Crippen molar-refractivity contribution in [3.63, 3.8) is 0 Å². The number of ether oxygens (including phenoxy) is 1. The van der Waals surface area contributed by atoms with Crippen molar-refractivity contribution < 1.29 is 32.3 Å². The van der Waals surface area contributed by atoms with Crippen LogP contribution in [0.15, 0.2) is 0 Å². The number of aromatic nitrogens is 4. The van der Waals surface area contributed by atoms with Crippen LogP contribution in [0.2, 0.25) is 0 Å². The zero-order chi connectivity index (χ0) is 23.5. The molecule has 2 heterocycles. The number of fused-ring (bicyclic) bond motifs is 1. The van der Waals surface area contributed by atoms with Gasteiger partial charge in [0, 0.05) is 23.9 Å². The molecule has 0 aliphatic heterocycles. The van der Waals surface area contributed by atoms with Gasteiger partial charge < -0.3 is 10.1 Å². The molecule has 2 N–H and O–H groups in total. The molecular formula is C18H23F3N6O4. The molecule has 170 valence electrons. The van der Waals surface area contributed by atoms with E-state index in [1.54, 1.807) is 27.7 Å². The zero-order valence-corrected chi connectivity index (χ0v) is 17.6. The van der Waals surface area contributed by atoms with Crippen LogP contribution in [0.3, 0.4) is 0 Å². The lowest BCUT2D eigenvalue weighted by molar-refractivity contribution is -0.154. The fraction of sp³-hybridized carbons (Fsp3) is 0.556. The number of rotatable bonds is 6. The van der Waals surface area contributed by atoms with E-state index in [4.69, 9.17) is 4.74 Å². The van der Waals surface area contributed by atoms with Crippen molar-refractivity contribution in [2.24, 2.45) is 0 Å². The van der Waals surface area contributed by atoms with Gasteiger partial charge >= 0.3 is 18.2 Å². The van der Waals surface area contributed by atoms with E-state index in [0.717, 1.165) is 4.52 Å². The van der Waals surface area contributed by atoms with Crippen LogP contribution in [-0.4, -0.2) is 49.6 Å². The number of esters is 1. The van der Waals surface area contributed by atoms with Gasteiger partial charge in [-0.2, -0.15) is 18.2 Å². The van der Waals surface area contributed by atoms with Crippen LogP contribution in [-0.2, 0) is 26.9 Å². The SMILES string of the molecule is Cc1nc2nc(C(F)(F)F)nn2c(C)c1CCC(=O)OC(C)C(=O)NC(=O)NC(C)C. The van der Waals surface area contributed by atoms with Crippen molar-refractivity contribution in [1.29, 1.82) is 0 Å². The third kappa shape index (κ3) is 6.12. The van der Waals surface area contributed by atoms with Gasteiger partial charge in [0.15, 0.2) is 6.10 Å². The number of carbonyl (C=O) groups is 3. The average Bonchev–Trinajstić information content (AvgIpc) is 3.05. The maximum atomic E-state index is 12.9. The molecule has 1 atom stereocenters. The first-order valence-electron chi connectivity index (χ1n) is 9.40. The molecule has 1 unspecified atom stereocenters. The number of carbonyl (C=O) groups excluding carboxylic acids is 3. The summed E-state index contributed by atoms with van der Waals surface area (Å²) in [7, 11) is 0. The van der Waals surface area contributed by atoms with E-state index in [2.05, 4.69) is 25.7 Å². The Labute approximate surface area is 175 Å². The molecule has 0 spiro atoms. The van der Waals surface area contributed by atoms with Crippen LogP contribution in [0, 0.1) is 13.8 Å². The summed E-state index contributed by atoms with van der Waals surface area (Å²) in [6, 6.07) is -0.889. The Morgan fingerprint density at radius 2 is 1.77 bits per heavy atom. The van der Waals surface area contributed by atoms with E-state index in [0.29, 0.717) is 17.0 Å². The Morgan fingerprint density at radius 1 is 1.13 bits per heavy atom. The standard InChI is InChI=1S/C18H23F3N6O4/c1-8(2)22-17(30)24-14(29)11(5)31-13(28)7-6-12-9(3)23-16-25-15(18(19,20)21)26-27(16)10(12)4/h8,11H,6-7H2,1-5H3,(H2,22,24,29,30). The Hall–Kier alpha value is -3.25. The summed E-state index contributed by atoms with van der Waals surface area (Å²) in [6.07, 6.45) is -5.98. The minimum Gasteiger partial charge on any atom is -0.453 e. The minimum atomic E-state index is -4.71. The number of nitrogens with one attached hydrogen (secondary N) is 2. The molecule has 0 radical (unpaired) electrons. The van der Waals surface area contributed by atoms with Crippen LogP contribution < -0.4 is 10.6 Å². The lowest BCUT2D eigenvalue weighted by Crippen LogP contribution is -2.46. The number of hydrogen-bond acceptors (Lipinski definition) is 7. The second kappa shape index (κ2) is 9.27. The highest BCUT2D eigenvalue weighted by Gasteiger charge is 2.37. The molecule has 0 bridgehead atoms. The molecule has 2 rings (SSSR count). The number of aryl methyl sites for hydroxylation is 2. The second-order valence-corrected chi connectivity index (χ2v) is 7.16. The fourth-order valence-electron chi connectivity index (χ4n) is 2.74. The van der Waals surface area contributed by atoms with Gasteiger partial charge in [0.05, 0.1) is 0 Å². The molecule has 31 heavy (non-hydrogen) atoms. The quantitative estimate of drug-likeness (QED) is 0.651. The third-order valence-electron chi connectivity index (χ3n) is 4.22. The molecule has 10 nitrogen and oxygen atoms in total. The molecule has 0 saturated carbocycles. The summed E-state index contributed by atoms with van der Waals surface area (Å²) < 4.78 is 44.6. The molecule has 2 aromatic heterocycles. The Balaban J connectivity index is 2.03. The number of urea groups is 1. The molecule has 0 saturated heterocycles. The van der Waals surface area contributed by atoms with Gasteiger partial charge in [0.25, 0.3) is 17.5 Å². The topological polar surface area (TPSA) is 128 Å². The van der Waals surface area contributed by atoms with E-state index in [-0.39, 0.29) is 24.7 Å². The van der Waals surface area contributed by atoms with Crippen molar-refractivity contribution in [2.45, 2.75) is 65.8 Å². The van der Waals surface area contributed by atoms with E-state index >= 15 is 0 Å². The number of amides is 3. The summed E-state index contributed by atoms with van der Waals surface area (Å²) in [5.74, 6) is -3.01. The van der Waals surface area contributed by atoms with Gasteiger partial charge in [-0.05, 0) is 46.6 Å². The predicted molar refractivity (Wildman–Crippen MR) is 101 cm³/mol. The number of hydrogen-bond donors (Lipinski definition) is 2. The van der Waals surface area contributed by atoms with E-state index in [1.165, 1.54) is 6.92 Å². The van der Waals surface area contributed by atoms with Crippen LogP contribution in [0.1, 0.15) is 50.0 Å². The monoisotopic (exact) mass is 444 g/mol. The summed E-state index contributed by atoms with van der Waals surface area (Å²) in [6.45, 7) is 7.87. The van der Waals surface area contributed by atoms with Gasteiger partial charge in [-0.1, -0.05) is 0 Å². The predicted octanol–water partition coefficient (Wildman–Crippen LogP) is 1.86. The third-order valence-corrected chi connectivity index (χ3v) is 4.22. The van der Waals surface area contributed by atoms with Crippen molar-refractivity contribution in [1.82, 2.24) is 30.2 Å². The molecule has 13 heteroatoms. The van der Waals surface area contributed by atoms with Crippen molar-refractivity contribution in [3.05, 3.63) is 22.8 Å². The van der Waals surface area contributed by atoms with Crippen molar-refractivity contribution >= 4 is 23.7 Å². The van der Waals surface area contributed by atoms with Gasteiger partial charge in [0.1, 0.15) is 0 Å². The number of imide groups is 1. The van der Waals surface area contributed by atoms with Crippen LogP contribution in [0.5, 0.6) is 0 Å². The highest BCUT2D eigenvalue weighted by atomic mass is 19.4. The van der Waals surface area contributed by atoms with Crippen LogP contribution in [0.25, 0.3) is 5.78 Å². The van der Waals surface area contributed by atoms with Crippen LogP contribution >= 0.6 is 0 Å². The van der Waals surface area contributed by atoms with Crippen molar-refractivity contribution in [3.8, 4) is 0 Å². The molecule has 2 aromatic rings. The second-order valence-electron chi connectivity index (χ2n) is 7.16. The zero-order valence-electron chi connectivity index (χ0n) is 17.6. The number of halogens is 3. The van der Waals surface area contributed by atoms with E-state index in [1.807, 2.05) is 0 Å². The average molecular weight is 444 g/mol. The molecule has 3 amide bonds. The maximum Gasteiger partial charge on any atom is 0.453 e. The number of alkyl halides is 3. The fourth-order valence-corrected chi connectivity index (χ4v) is 2.74. The van der Waals surface area contributed by atoms with Gasteiger partial charge in [-0.3, -0.25) is 14.9 Å². The van der Waals surface area contributed by atoms with Gasteiger partial charge in [-0.25, -0.2) is 14.3 Å².